The molecule has 2 heterocycles. The highest BCUT2D eigenvalue weighted by Gasteiger charge is 2.31. The van der Waals surface area contributed by atoms with Crippen molar-refractivity contribution in [3.63, 3.8) is 0 Å². The summed E-state index contributed by atoms with van der Waals surface area (Å²) in [5.41, 5.74) is 0.448. The molecule has 1 N–H and O–H groups in total. The first kappa shape index (κ1) is 17.0. The van der Waals surface area contributed by atoms with Gasteiger partial charge in [0.2, 0.25) is 0 Å². The lowest BCUT2D eigenvalue weighted by Crippen LogP contribution is -2.35. The van der Waals surface area contributed by atoms with Crippen LogP contribution in [0, 0.1) is 6.92 Å². The Morgan fingerprint density at radius 2 is 2.04 bits per heavy atom. The summed E-state index contributed by atoms with van der Waals surface area (Å²) >= 11 is 0. The highest BCUT2D eigenvalue weighted by atomic mass is 16.5. The second-order valence-electron chi connectivity index (χ2n) is 5.98. The molecule has 1 saturated heterocycles. The van der Waals surface area contributed by atoms with Crippen molar-refractivity contribution in [2.75, 3.05) is 20.3 Å². The predicted molar refractivity (Wildman–Crippen MR) is 91.8 cm³/mol. The van der Waals surface area contributed by atoms with Gasteiger partial charge in [-0.3, -0.25) is 9.59 Å². The summed E-state index contributed by atoms with van der Waals surface area (Å²) in [6.07, 6.45) is 1.65. The Bertz CT molecular complexity index is 801. The number of aryl methyl sites for hydroxylation is 1. The van der Waals surface area contributed by atoms with Crippen LogP contribution in [-0.4, -0.2) is 41.0 Å². The Balaban J connectivity index is 1.66. The quantitative estimate of drug-likeness (QED) is 0.895. The summed E-state index contributed by atoms with van der Waals surface area (Å²) in [6.45, 7) is 2.35. The molecule has 25 heavy (non-hydrogen) atoms. The van der Waals surface area contributed by atoms with Gasteiger partial charge in [0.15, 0.2) is 6.61 Å². The van der Waals surface area contributed by atoms with Gasteiger partial charge in [-0.15, -0.1) is 0 Å². The number of likely N-dealkylation sites (tertiary alicyclic amines) is 1. The van der Waals surface area contributed by atoms with Gasteiger partial charge < -0.3 is 19.4 Å². The molecule has 0 spiro atoms. The first-order valence-corrected chi connectivity index (χ1v) is 8.21. The number of nitrogens with one attached hydrogen (secondary N) is 1. The molecule has 1 aliphatic heterocycles. The minimum atomic E-state index is -0.209. The molecule has 1 fully saturated rings. The molecule has 0 bridgehead atoms. The van der Waals surface area contributed by atoms with E-state index < -0.39 is 0 Å². The number of rotatable bonds is 5. The molecular weight excluding hydrogens is 322 g/mol. The van der Waals surface area contributed by atoms with E-state index in [1.54, 1.807) is 43.2 Å². The second-order valence-corrected chi connectivity index (χ2v) is 5.98. The molecule has 2 aromatic rings. The van der Waals surface area contributed by atoms with Crippen LogP contribution in [0.25, 0.3) is 0 Å². The number of benzene rings is 1. The average Bonchev–Trinajstić information content (AvgIpc) is 3.09. The predicted octanol–water partition coefficient (Wildman–Crippen LogP) is 1.83. The number of carbonyl (C=O) groups is 1. The van der Waals surface area contributed by atoms with E-state index in [1.165, 1.54) is 6.07 Å². The standard InChI is InChI=1S/C18H21N3O4/c1-12-10-16(22)20-18(19-12)15-4-3-9-21(15)17(23)11-25-14-7-5-13(24-2)6-8-14/h5-8,10,15H,3-4,9,11H2,1-2H3,(H,19,20,22). The number of methoxy groups -OCH3 is 1. The van der Waals surface area contributed by atoms with E-state index in [-0.39, 0.29) is 24.1 Å². The first-order valence-electron chi connectivity index (χ1n) is 8.21. The van der Waals surface area contributed by atoms with Gasteiger partial charge in [-0.1, -0.05) is 0 Å². The van der Waals surface area contributed by atoms with Crippen LogP contribution in [0.5, 0.6) is 11.5 Å². The second kappa shape index (κ2) is 7.38. The largest absolute Gasteiger partial charge is 0.497 e. The Morgan fingerprint density at radius 3 is 2.72 bits per heavy atom. The summed E-state index contributed by atoms with van der Waals surface area (Å²) in [5.74, 6) is 1.75. The Hall–Kier alpha value is -2.83. The highest BCUT2D eigenvalue weighted by molar-refractivity contribution is 5.78. The zero-order valence-corrected chi connectivity index (χ0v) is 14.3. The van der Waals surface area contributed by atoms with Crippen LogP contribution in [0.1, 0.15) is 30.4 Å². The average molecular weight is 343 g/mol. The Morgan fingerprint density at radius 1 is 1.32 bits per heavy atom. The third-order valence-corrected chi connectivity index (χ3v) is 4.20. The number of aromatic nitrogens is 2. The topological polar surface area (TPSA) is 84.5 Å². The maximum absolute atomic E-state index is 12.6. The molecule has 0 radical (unpaired) electrons. The third kappa shape index (κ3) is 3.99. The van der Waals surface area contributed by atoms with Crippen LogP contribution in [0.3, 0.4) is 0 Å². The monoisotopic (exact) mass is 343 g/mol. The molecule has 3 rings (SSSR count). The van der Waals surface area contributed by atoms with E-state index >= 15 is 0 Å². The third-order valence-electron chi connectivity index (χ3n) is 4.20. The molecule has 7 heteroatoms. The Labute approximate surface area is 145 Å². The van der Waals surface area contributed by atoms with Gasteiger partial charge >= 0.3 is 0 Å². The van der Waals surface area contributed by atoms with Crippen molar-refractivity contribution in [2.24, 2.45) is 0 Å². The molecule has 1 aliphatic rings. The SMILES string of the molecule is COc1ccc(OCC(=O)N2CCCC2c2nc(C)cc(=O)[nH]2)cc1. The van der Waals surface area contributed by atoms with Crippen molar-refractivity contribution in [1.82, 2.24) is 14.9 Å². The summed E-state index contributed by atoms with van der Waals surface area (Å²) in [5, 5.41) is 0. The van der Waals surface area contributed by atoms with Crippen molar-refractivity contribution in [3.05, 3.63) is 52.2 Å². The van der Waals surface area contributed by atoms with Crippen molar-refractivity contribution >= 4 is 5.91 Å². The van der Waals surface area contributed by atoms with Crippen molar-refractivity contribution < 1.29 is 14.3 Å². The van der Waals surface area contributed by atoms with E-state index in [1.807, 2.05) is 0 Å². The van der Waals surface area contributed by atoms with Crippen LogP contribution in [0.2, 0.25) is 0 Å². The van der Waals surface area contributed by atoms with Gasteiger partial charge in [-0.05, 0) is 44.0 Å². The van der Waals surface area contributed by atoms with E-state index in [0.717, 1.165) is 18.6 Å². The first-order chi connectivity index (χ1) is 12.1. The fourth-order valence-corrected chi connectivity index (χ4v) is 3.01. The van der Waals surface area contributed by atoms with Gasteiger partial charge in [0.05, 0.1) is 13.2 Å². The molecule has 1 amide bonds. The van der Waals surface area contributed by atoms with E-state index in [9.17, 15) is 9.59 Å². The highest BCUT2D eigenvalue weighted by Crippen LogP contribution is 2.29. The Kier molecular flexibility index (Phi) is 5.02. The minimum absolute atomic E-state index is 0.0567. The molecule has 132 valence electrons. The molecule has 0 aliphatic carbocycles. The van der Waals surface area contributed by atoms with Gasteiger partial charge in [-0.25, -0.2) is 4.98 Å². The smallest absolute Gasteiger partial charge is 0.261 e. The van der Waals surface area contributed by atoms with Gasteiger partial charge in [-0.2, -0.15) is 0 Å². The maximum atomic E-state index is 12.6. The van der Waals surface area contributed by atoms with Crippen LogP contribution < -0.4 is 15.0 Å². The zero-order valence-electron chi connectivity index (χ0n) is 14.3. The van der Waals surface area contributed by atoms with Crippen LogP contribution in [0.15, 0.2) is 35.1 Å². The number of H-pyrrole nitrogens is 1. The maximum Gasteiger partial charge on any atom is 0.261 e. The van der Waals surface area contributed by atoms with Crippen molar-refractivity contribution in [2.45, 2.75) is 25.8 Å². The molecule has 1 aromatic heterocycles. The molecule has 0 saturated carbocycles. The van der Waals surface area contributed by atoms with Gasteiger partial charge in [0.1, 0.15) is 17.3 Å². The summed E-state index contributed by atoms with van der Waals surface area (Å²) in [7, 11) is 1.59. The molecule has 1 aromatic carbocycles. The minimum Gasteiger partial charge on any atom is -0.497 e. The fourth-order valence-electron chi connectivity index (χ4n) is 3.01. The van der Waals surface area contributed by atoms with E-state index in [0.29, 0.717) is 23.8 Å². The van der Waals surface area contributed by atoms with Crippen LogP contribution in [-0.2, 0) is 4.79 Å². The molecule has 1 atom stereocenters. The number of hydrogen-bond acceptors (Lipinski definition) is 5. The summed E-state index contributed by atoms with van der Waals surface area (Å²) in [6, 6.07) is 8.30. The normalized spacial score (nSPS) is 16.7. The number of carbonyl (C=O) groups excluding carboxylic acids is 1. The fraction of sp³-hybridized carbons (Fsp3) is 0.389. The lowest BCUT2D eigenvalue weighted by Gasteiger charge is -2.24. The zero-order chi connectivity index (χ0) is 17.8. The van der Waals surface area contributed by atoms with E-state index in [2.05, 4.69) is 9.97 Å². The van der Waals surface area contributed by atoms with Crippen molar-refractivity contribution in [3.8, 4) is 11.5 Å². The lowest BCUT2D eigenvalue weighted by molar-refractivity contribution is -0.134. The number of hydrogen-bond donors (Lipinski definition) is 1. The number of ether oxygens (including phenoxy) is 2. The van der Waals surface area contributed by atoms with Gasteiger partial charge in [0, 0.05) is 18.3 Å². The molecule has 1 unspecified atom stereocenters. The van der Waals surface area contributed by atoms with Crippen LogP contribution in [0.4, 0.5) is 0 Å². The van der Waals surface area contributed by atoms with Crippen LogP contribution >= 0.6 is 0 Å². The number of nitrogens with zero attached hydrogens (tertiary/aromatic N) is 2. The lowest BCUT2D eigenvalue weighted by atomic mass is 10.2. The van der Waals surface area contributed by atoms with Crippen molar-refractivity contribution in [1.29, 1.82) is 0 Å². The molecule has 7 nitrogen and oxygen atoms in total. The number of amides is 1. The molecular formula is C18H21N3O4. The summed E-state index contributed by atoms with van der Waals surface area (Å²) < 4.78 is 10.7. The summed E-state index contributed by atoms with van der Waals surface area (Å²) in [4.78, 5) is 33.1. The van der Waals surface area contributed by atoms with Gasteiger partial charge in [0.25, 0.3) is 11.5 Å². The van der Waals surface area contributed by atoms with E-state index in [4.69, 9.17) is 9.47 Å². The number of aromatic amines is 1.